The van der Waals surface area contributed by atoms with Crippen molar-refractivity contribution in [1.82, 2.24) is 24.5 Å². The van der Waals surface area contributed by atoms with Crippen molar-refractivity contribution in [1.29, 1.82) is 0 Å². The first-order valence-electron chi connectivity index (χ1n) is 7.77. The highest BCUT2D eigenvalue weighted by Crippen LogP contribution is 2.09. The summed E-state index contributed by atoms with van der Waals surface area (Å²) in [5.74, 6) is 0.0311. The molecule has 2 aromatic rings. The monoisotopic (exact) mass is 303 g/mol. The van der Waals surface area contributed by atoms with E-state index in [1.807, 2.05) is 39.6 Å². The predicted octanol–water partition coefficient (Wildman–Crippen LogP) is 1.81. The number of aryl methyl sites for hydroxylation is 4. The van der Waals surface area contributed by atoms with Gasteiger partial charge in [-0.15, -0.1) is 0 Å². The number of hydrogen-bond acceptors (Lipinski definition) is 3. The van der Waals surface area contributed by atoms with Crippen molar-refractivity contribution in [2.24, 2.45) is 14.1 Å². The fraction of sp³-hybridized carbons (Fsp3) is 0.562. The van der Waals surface area contributed by atoms with Crippen LogP contribution in [0.5, 0.6) is 0 Å². The van der Waals surface area contributed by atoms with Gasteiger partial charge in [0, 0.05) is 33.9 Å². The molecule has 0 aliphatic carbocycles. The number of carbonyl (C=O) groups excluding carboxylic acids is 1. The molecule has 6 nitrogen and oxygen atoms in total. The Morgan fingerprint density at radius 1 is 1.32 bits per heavy atom. The van der Waals surface area contributed by atoms with Crippen molar-refractivity contribution in [2.45, 2.75) is 32.6 Å². The minimum absolute atomic E-state index is 0.0311. The fourth-order valence-corrected chi connectivity index (χ4v) is 2.52. The summed E-state index contributed by atoms with van der Waals surface area (Å²) in [6.45, 7) is 2.84. The molecule has 0 aliphatic rings. The maximum atomic E-state index is 12.5. The van der Waals surface area contributed by atoms with Crippen molar-refractivity contribution in [2.75, 3.05) is 13.6 Å². The van der Waals surface area contributed by atoms with Crippen molar-refractivity contribution in [3.63, 3.8) is 0 Å². The molecule has 0 aromatic carbocycles. The molecule has 0 saturated heterocycles. The summed E-state index contributed by atoms with van der Waals surface area (Å²) in [6.07, 6.45) is 7.68. The third kappa shape index (κ3) is 3.96. The number of amides is 1. The Kier molecular flexibility index (Phi) is 5.35. The Morgan fingerprint density at radius 3 is 2.73 bits per heavy atom. The van der Waals surface area contributed by atoms with Gasteiger partial charge < -0.3 is 4.90 Å². The molecular weight excluding hydrogens is 278 g/mol. The maximum Gasteiger partial charge on any atom is 0.271 e. The quantitative estimate of drug-likeness (QED) is 0.784. The molecule has 0 aliphatic heterocycles. The van der Waals surface area contributed by atoms with Crippen LogP contribution in [0.1, 0.15) is 41.5 Å². The molecule has 2 aromatic heterocycles. The molecule has 6 heteroatoms. The van der Waals surface area contributed by atoms with E-state index in [1.165, 1.54) is 5.56 Å². The second-order valence-corrected chi connectivity index (χ2v) is 5.75. The lowest BCUT2D eigenvalue weighted by atomic mass is 10.2. The van der Waals surface area contributed by atoms with Gasteiger partial charge >= 0.3 is 0 Å². The van der Waals surface area contributed by atoms with Gasteiger partial charge in [-0.1, -0.05) is 13.3 Å². The Labute approximate surface area is 131 Å². The van der Waals surface area contributed by atoms with Crippen molar-refractivity contribution < 1.29 is 4.79 Å². The molecule has 0 spiro atoms. The van der Waals surface area contributed by atoms with Crippen LogP contribution in [0, 0.1) is 0 Å². The molecule has 2 rings (SSSR count). The first-order chi connectivity index (χ1) is 10.5. The largest absolute Gasteiger partial charge is 0.340 e. The standard InChI is InChI=1S/C16H25N5O/c1-5-7-14-10-15(21(4)18-14)16(22)19(2)9-6-8-13-11-17-20(3)12-13/h10-12H,5-9H2,1-4H3. The summed E-state index contributed by atoms with van der Waals surface area (Å²) in [5, 5.41) is 8.55. The summed E-state index contributed by atoms with van der Waals surface area (Å²) in [7, 11) is 5.59. The van der Waals surface area contributed by atoms with Gasteiger partial charge in [-0.2, -0.15) is 10.2 Å². The number of aromatic nitrogens is 4. The van der Waals surface area contributed by atoms with Gasteiger partial charge in [0.1, 0.15) is 5.69 Å². The summed E-state index contributed by atoms with van der Waals surface area (Å²) < 4.78 is 3.49. The van der Waals surface area contributed by atoms with Crippen LogP contribution >= 0.6 is 0 Å². The Morgan fingerprint density at radius 2 is 2.09 bits per heavy atom. The average molecular weight is 303 g/mol. The molecule has 0 saturated carbocycles. The highest BCUT2D eigenvalue weighted by Gasteiger charge is 2.17. The molecule has 0 fully saturated rings. The number of carbonyl (C=O) groups is 1. The van der Waals surface area contributed by atoms with Gasteiger partial charge in [-0.3, -0.25) is 14.2 Å². The molecule has 0 N–H and O–H groups in total. The summed E-state index contributed by atoms with van der Waals surface area (Å²) in [4.78, 5) is 14.2. The van der Waals surface area contributed by atoms with E-state index in [2.05, 4.69) is 17.1 Å². The molecule has 0 unspecified atom stereocenters. The second-order valence-electron chi connectivity index (χ2n) is 5.75. The summed E-state index contributed by atoms with van der Waals surface area (Å²) >= 11 is 0. The second kappa shape index (κ2) is 7.24. The number of hydrogen-bond donors (Lipinski definition) is 0. The van der Waals surface area contributed by atoms with Crippen LogP contribution < -0.4 is 0 Å². The van der Waals surface area contributed by atoms with E-state index in [0.717, 1.165) is 37.9 Å². The van der Waals surface area contributed by atoms with E-state index >= 15 is 0 Å². The van der Waals surface area contributed by atoms with Crippen LogP contribution in [-0.2, 0) is 26.9 Å². The first kappa shape index (κ1) is 16.3. The lowest BCUT2D eigenvalue weighted by molar-refractivity contribution is 0.0782. The lowest BCUT2D eigenvalue weighted by Gasteiger charge is -2.16. The average Bonchev–Trinajstić information content (AvgIpc) is 3.04. The topological polar surface area (TPSA) is 56.0 Å². The van der Waals surface area contributed by atoms with Gasteiger partial charge in [-0.25, -0.2) is 0 Å². The lowest BCUT2D eigenvalue weighted by Crippen LogP contribution is -2.29. The van der Waals surface area contributed by atoms with Gasteiger partial charge in [0.15, 0.2) is 0 Å². The van der Waals surface area contributed by atoms with Crippen molar-refractivity contribution >= 4 is 5.91 Å². The molecule has 120 valence electrons. The van der Waals surface area contributed by atoms with E-state index in [4.69, 9.17) is 0 Å². The Balaban J connectivity index is 1.88. The molecule has 1 amide bonds. The van der Waals surface area contributed by atoms with E-state index in [0.29, 0.717) is 5.69 Å². The number of nitrogens with zero attached hydrogens (tertiary/aromatic N) is 5. The van der Waals surface area contributed by atoms with Crippen LogP contribution in [0.15, 0.2) is 18.5 Å². The van der Waals surface area contributed by atoms with Gasteiger partial charge in [0.2, 0.25) is 0 Å². The van der Waals surface area contributed by atoms with E-state index in [9.17, 15) is 4.79 Å². The molecule has 0 bridgehead atoms. The SMILES string of the molecule is CCCc1cc(C(=O)N(C)CCCc2cnn(C)c2)n(C)n1. The zero-order chi connectivity index (χ0) is 16.1. The molecule has 22 heavy (non-hydrogen) atoms. The molecule has 0 atom stereocenters. The van der Waals surface area contributed by atoms with Gasteiger partial charge in [0.05, 0.1) is 11.9 Å². The summed E-state index contributed by atoms with van der Waals surface area (Å²) in [5.41, 5.74) is 2.85. The van der Waals surface area contributed by atoms with Crippen molar-refractivity contribution in [3.05, 3.63) is 35.4 Å². The van der Waals surface area contributed by atoms with E-state index in [1.54, 1.807) is 14.3 Å². The highest BCUT2D eigenvalue weighted by atomic mass is 16.2. The first-order valence-corrected chi connectivity index (χ1v) is 7.77. The van der Waals surface area contributed by atoms with Crippen LogP contribution in [0.2, 0.25) is 0 Å². The molecule has 0 radical (unpaired) electrons. The van der Waals surface area contributed by atoms with Crippen LogP contribution in [0.4, 0.5) is 0 Å². The fourth-order valence-electron chi connectivity index (χ4n) is 2.52. The van der Waals surface area contributed by atoms with E-state index < -0.39 is 0 Å². The van der Waals surface area contributed by atoms with Gasteiger partial charge in [0.25, 0.3) is 5.91 Å². The minimum atomic E-state index is 0.0311. The smallest absolute Gasteiger partial charge is 0.271 e. The predicted molar refractivity (Wildman–Crippen MR) is 85.7 cm³/mol. The van der Waals surface area contributed by atoms with Crippen LogP contribution in [0.25, 0.3) is 0 Å². The Hall–Kier alpha value is -2.11. The normalized spacial score (nSPS) is 10.9. The third-order valence-electron chi connectivity index (χ3n) is 3.72. The summed E-state index contributed by atoms with van der Waals surface area (Å²) in [6, 6.07) is 1.91. The van der Waals surface area contributed by atoms with E-state index in [-0.39, 0.29) is 5.91 Å². The highest BCUT2D eigenvalue weighted by molar-refractivity contribution is 5.92. The maximum absolute atomic E-state index is 12.5. The van der Waals surface area contributed by atoms with Crippen molar-refractivity contribution in [3.8, 4) is 0 Å². The Bertz CT molecular complexity index is 628. The number of rotatable bonds is 7. The molecule has 2 heterocycles. The third-order valence-corrected chi connectivity index (χ3v) is 3.72. The van der Waals surface area contributed by atoms with Gasteiger partial charge in [-0.05, 0) is 30.9 Å². The van der Waals surface area contributed by atoms with Crippen LogP contribution in [-0.4, -0.2) is 44.0 Å². The molecular formula is C16H25N5O. The van der Waals surface area contributed by atoms with Crippen LogP contribution in [0.3, 0.4) is 0 Å². The minimum Gasteiger partial charge on any atom is -0.340 e. The zero-order valence-electron chi connectivity index (χ0n) is 13.9. The zero-order valence-corrected chi connectivity index (χ0v) is 13.9.